The van der Waals surface area contributed by atoms with Gasteiger partial charge in [-0.25, -0.2) is 8.42 Å². The van der Waals surface area contributed by atoms with Gasteiger partial charge in [0.2, 0.25) is 11.8 Å². The third kappa shape index (κ3) is 7.53. The first kappa shape index (κ1) is 30.5. The molecule has 0 aliphatic carbocycles. The molecule has 0 aliphatic heterocycles. The summed E-state index contributed by atoms with van der Waals surface area (Å²) in [5.41, 5.74) is 1.93. The lowest BCUT2D eigenvalue weighted by Gasteiger charge is -2.32. The average molecular weight is 568 g/mol. The van der Waals surface area contributed by atoms with E-state index in [1.54, 1.807) is 74.7 Å². The number of nitrogens with zero attached hydrogens (tertiary/aromatic N) is 2. The third-order valence-electron chi connectivity index (χ3n) is 6.46. The van der Waals surface area contributed by atoms with Gasteiger partial charge in [0, 0.05) is 19.2 Å². The SMILES string of the molecule is CCCNC(=O)[C@@H](C)N(Cc1ccc(OC)cc1)C(=O)CN(c1cccc(OC)c1)S(=O)(=O)c1ccc(C)cc1. The third-order valence-corrected chi connectivity index (χ3v) is 8.25. The van der Waals surface area contributed by atoms with Crippen molar-refractivity contribution >= 4 is 27.5 Å². The van der Waals surface area contributed by atoms with Gasteiger partial charge in [0.15, 0.2) is 0 Å². The second-order valence-corrected chi connectivity index (χ2v) is 11.2. The van der Waals surface area contributed by atoms with E-state index in [9.17, 15) is 18.0 Å². The number of carbonyl (C=O) groups excluding carboxylic acids is 2. The number of sulfonamides is 1. The molecule has 0 saturated heterocycles. The van der Waals surface area contributed by atoms with Crippen LogP contribution in [-0.2, 0) is 26.2 Å². The number of carbonyl (C=O) groups is 2. The van der Waals surface area contributed by atoms with Gasteiger partial charge in [0.1, 0.15) is 24.1 Å². The topological polar surface area (TPSA) is 105 Å². The highest BCUT2D eigenvalue weighted by atomic mass is 32.2. The first-order valence-corrected chi connectivity index (χ1v) is 14.5. The van der Waals surface area contributed by atoms with Crippen molar-refractivity contribution in [3.63, 3.8) is 0 Å². The Morgan fingerprint density at radius 2 is 1.57 bits per heavy atom. The predicted octanol–water partition coefficient (Wildman–Crippen LogP) is 4.15. The van der Waals surface area contributed by atoms with Crippen LogP contribution >= 0.6 is 0 Å². The van der Waals surface area contributed by atoms with Crippen molar-refractivity contribution in [1.29, 1.82) is 0 Å². The molecule has 0 unspecified atom stereocenters. The fraction of sp³-hybridized carbons (Fsp3) is 0.333. The minimum absolute atomic E-state index is 0.0455. The average Bonchev–Trinajstić information content (AvgIpc) is 2.97. The molecule has 9 nitrogen and oxygen atoms in total. The summed E-state index contributed by atoms with van der Waals surface area (Å²) in [4.78, 5) is 28.3. The zero-order valence-electron chi connectivity index (χ0n) is 23.6. The van der Waals surface area contributed by atoms with E-state index in [-0.39, 0.29) is 23.0 Å². The number of methoxy groups -OCH3 is 2. The maximum atomic E-state index is 13.9. The van der Waals surface area contributed by atoms with E-state index >= 15 is 0 Å². The fourth-order valence-corrected chi connectivity index (χ4v) is 5.44. The van der Waals surface area contributed by atoms with E-state index in [0.717, 1.165) is 21.9 Å². The molecule has 0 bridgehead atoms. The lowest BCUT2D eigenvalue weighted by Crippen LogP contribution is -2.51. The van der Waals surface area contributed by atoms with E-state index in [4.69, 9.17) is 9.47 Å². The Balaban J connectivity index is 2.03. The second-order valence-electron chi connectivity index (χ2n) is 9.36. The summed E-state index contributed by atoms with van der Waals surface area (Å²) in [7, 11) is -1.11. The minimum atomic E-state index is -4.15. The van der Waals surface area contributed by atoms with Crippen LogP contribution in [0, 0.1) is 6.92 Å². The van der Waals surface area contributed by atoms with Crippen LogP contribution in [0.15, 0.2) is 77.7 Å². The Bertz CT molecular complexity index is 1390. The van der Waals surface area contributed by atoms with Crippen LogP contribution in [0.25, 0.3) is 0 Å². The molecule has 3 rings (SSSR count). The first-order valence-electron chi connectivity index (χ1n) is 13.0. The molecule has 40 heavy (non-hydrogen) atoms. The molecule has 214 valence electrons. The Morgan fingerprint density at radius 3 is 2.17 bits per heavy atom. The lowest BCUT2D eigenvalue weighted by atomic mass is 10.1. The van der Waals surface area contributed by atoms with Crippen molar-refractivity contribution < 1.29 is 27.5 Å². The molecule has 0 fully saturated rings. The van der Waals surface area contributed by atoms with Gasteiger partial charge in [-0.2, -0.15) is 0 Å². The Morgan fingerprint density at radius 1 is 0.925 bits per heavy atom. The number of amides is 2. The number of nitrogens with one attached hydrogen (secondary N) is 1. The van der Waals surface area contributed by atoms with Crippen molar-refractivity contribution in [1.82, 2.24) is 10.2 Å². The highest BCUT2D eigenvalue weighted by Crippen LogP contribution is 2.28. The van der Waals surface area contributed by atoms with Gasteiger partial charge in [-0.05, 0) is 62.2 Å². The molecule has 0 radical (unpaired) electrons. The van der Waals surface area contributed by atoms with Crippen molar-refractivity contribution in [2.24, 2.45) is 0 Å². The van der Waals surface area contributed by atoms with Crippen LogP contribution in [0.2, 0.25) is 0 Å². The van der Waals surface area contributed by atoms with Crippen molar-refractivity contribution in [2.75, 3.05) is 31.6 Å². The number of hydrogen-bond acceptors (Lipinski definition) is 6. The van der Waals surface area contributed by atoms with Gasteiger partial charge >= 0.3 is 0 Å². The molecule has 2 amide bonds. The smallest absolute Gasteiger partial charge is 0.264 e. The van der Waals surface area contributed by atoms with E-state index in [2.05, 4.69) is 5.32 Å². The maximum absolute atomic E-state index is 13.9. The van der Waals surface area contributed by atoms with E-state index < -0.39 is 28.5 Å². The summed E-state index contributed by atoms with van der Waals surface area (Å²) in [5, 5.41) is 2.83. The normalized spacial score (nSPS) is 11.8. The molecule has 1 N–H and O–H groups in total. The zero-order chi connectivity index (χ0) is 29.3. The molecule has 10 heteroatoms. The van der Waals surface area contributed by atoms with Gasteiger partial charge in [0.25, 0.3) is 10.0 Å². The summed E-state index contributed by atoms with van der Waals surface area (Å²) in [6.45, 7) is 5.47. The van der Waals surface area contributed by atoms with Crippen molar-refractivity contribution in [3.8, 4) is 11.5 Å². The van der Waals surface area contributed by atoms with Crippen LogP contribution in [0.5, 0.6) is 11.5 Å². The predicted molar refractivity (Wildman–Crippen MR) is 155 cm³/mol. The van der Waals surface area contributed by atoms with Crippen LogP contribution in [-0.4, -0.2) is 58.5 Å². The van der Waals surface area contributed by atoms with Gasteiger partial charge in [0.05, 0.1) is 24.8 Å². The van der Waals surface area contributed by atoms with E-state index in [1.807, 2.05) is 13.8 Å². The molecule has 3 aromatic carbocycles. The maximum Gasteiger partial charge on any atom is 0.264 e. The monoisotopic (exact) mass is 567 g/mol. The molecule has 0 saturated carbocycles. The first-order chi connectivity index (χ1) is 19.1. The highest BCUT2D eigenvalue weighted by molar-refractivity contribution is 7.92. The van der Waals surface area contributed by atoms with E-state index in [1.165, 1.54) is 24.1 Å². The molecule has 3 aromatic rings. The summed E-state index contributed by atoms with van der Waals surface area (Å²) in [5.74, 6) is 0.242. The van der Waals surface area contributed by atoms with Gasteiger partial charge in [-0.15, -0.1) is 0 Å². The number of rotatable bonds is 13. The number of ether oxygens (including phenoxy) is 2. The van der Waals surface area contributed by atoms with Crippen molar-refractivity contribution in [3.05, 3.63) is 83.9 Å². The van der Waals surface area contributed by atoms with Gasteiger partial charge in [-0.3, -0.25) is 13.9 Å². The van der Waals surface area contributed by atoms with Gasteiger partial charge < -0.3 is 19.7 Å². The highest BCUT2D eigenvalue weighted by Gasteiger charge is 2.32. The molecule has 0 aliphatic rings. The fourth-order valence-electron chi connectivity index (χ4n) is 4.04. The minimum Gasteiger partial charge on any atom is -0.497 e. The van der Waals surface area contributed by atoms with Crippen LogP contribution in [0.3, 0.4) is 0 Å². The quantitative estimate of drug-likeness (QED) is 0.333. The molecule has 0 spiro atoms. The molecular formula is C30H37N3O6S. The van der Waals surface area contributed by atoms with Crippen LogP contribution in [0.1, 0.15) is 31.4 Å². The largest absolute Gasteiger partial charge is 0.497 e. The van der Waals surface area contributed by atoms with E-state index in [0.29, 0.717) is 18.0 Å². The Kier molecular flexibility index (Phi) is 10.6. The zero-order valence-corrected chi connectivity index (χ0v) is 24.4. The summed E-state index contributed by atoms with van der Waals surface area (Å²) >= 11 is 0. The number of anilines is 1. The number of aryl methyl sites for hydroxylation is 1. The lowest BCUT2D eigenvalue weighted by molar-refractivity contribution is -0.139. The Labute approximate surface area is 236 Å². The summed E-state index contributed by atoms with van der Waals surface area (Å²) in [6, 6.07) is 19.2. The Hall–Kier alpha value is -4.05. The van der Waals surface area contributed by atoms with Crippen LogP contribution < -0.4 is 19.1 Å². The number of hydrogen-bond donors (Lipinski definition) is 1. The summed E-state index contributed by atoms with van der Waals surface area (Å²) in [6.07, 6.45) is 0.739. The molecular weight excluding hydrogens is 530 g/mol. The molecule has 1 atom stereocenters. The molecule has 0 heterocycles. The second kappa shape index (κ2) is 13.8. The van der Waals surface area contributed by atoms with Gasteiger partial charge in [-0.1, -0.05) is 42.8 Å². The standard InChI is InChI=1S/C30H37N3O6S/c1-6-18-31-30(35)23(3)32(20-24-12-14-26(38-4)15-13-24)29(34)21-33(25-8-7-9-27(19-25)39-5)40(36,37)28-16-10-22(2)11-17-28/h7-17,19,23H,6,18,20-21H2,1-5H3,(H,31,35)/t23-/m1/s1. The van der Waals surface area contributed by atoms with Crippen molar-refractivity contribution in [2.45, 2.75) is 44.7 Å². The van der Waals surface area contributed by atoms with Crippen LogP contribution in [0.4, 0.5) is 5.69 Å². The number of benzene rings is 3. The summed E-state index contributed by atoms with van der Waals surface area (Å²) < 4.78 is 39.4. The molecule has 0 aromatic heterocycles.